The Bertz CT molecular complexity index is 3220. The van der Waals surface area contributed by atoms with Gasteiger partial charge in [0.1, 0.15) is 16.8 Å². The summed E-state index contributed by atoms with van der Waals surface area (Å²) in [7, 11) is 0. The lowest BCUT2D eigenvalue weighted by molar-refractivity contribution is 0.767. The van der Waals surface area contributed by atoms with Crippen molar-refractivity contribution in [3.05, 3.63) is 216 Å². The second-order valence-corrected chi connectivity index (χ2v) is 14.6. The lowest BCUT2D eigenvalue weighted by atomic mass is 9.68. The van der Waals surface area contributed by atoms with E-state index in [1.54, 1.807) is 0 Å². The first-order valence-corrected chi connectivity index (χ1v) is 19.0. The van der Waals surface area contributed by atoms with Crippen LogP contribution in [0.3, 0.4) is 0 Å². The van der Waals surface area contributed by atoms with Gasteiger partial charge < -0.3 is 9.13 Å². The van der Waals surface area contributed by atoms with Crippen LogP contribution in [-0.2, 0) is 5.41 Å². The summed E-state index contributed by atoms with van der Waals surface area (Å²) < 4.78 is 9.09. The van der Waals surface area contributed by atoms with Crippen molar-refractivity contribution in [2.45, 2.75) is 5.41 Å². The van der Waals surface area contributed by atoms with E-state index in [0.717, 1.165) is 44.8 Å². The molecule has 10 aromatic rings. The first-order chi connectivity index (χ1) is 27.8. The molecule has 0 radical (unpaired) electrons. The number of nitrogens with zero attached hydrogens (tertiary/aromatic N) is 5. The van der Waals surface area contributed by atoms with Crippen LogP contribution in [0.4, 0.5) is 0 Å². The molecule has 1 aliphatic carbocycles. The summed E-state index contributed by atoms with van der Waals surface area (Å²) in [6.45, 7) is 0. The molecule has 0 saturated carbocycles. The predicted octanol–water partition coefficient (Wildman–Crippen LogP) is 10.5. The number of para-hydroxylation sites is 1. The molecule has 260 valence electrons. The molecule has 4 aromatic heterocycles. The molecule has 6 aromatic carbocycles. The maximum atomic E-state index is 4.73. The smallest absolute Gasteiger partial charge is 0.309 e. The molecular formula is C51H32N5+. The van der Waals surface area contributed by atoms with E-state index in [9.17, 15) is 0 Å². The van der Waals surface area contributed by atoms with Crippen LogP contribution in [-0.4, -0.2) is 31.5 Å². The summed E-state index contributed by atoms with van der Waals surface area (Å²) in [6, 6.07) is 59.5. The molecule has 0 spiro atoms. The van der Waals surface area contributed by atoms with Gasteiger partial charge in [0.25, 0.3) is 0 Å². The predicted molar refractivity (Wildman–Crippen MR) is 228 cm³/mol. The van der Waals surface area contributed by atoms with Crippen LogP contribution in [0.1, 0.15) is 33.5 Å². The Labute approximate surface area is 322 Å². The van der Waals surface area contributed by atoms with Gasteiger partial charge in [0.2, 0.25) is 0 Å². The van der Waals surface area contributed by atoms with E-state index in [1.807, 2.05) is 30.9 Å². The Morgan fingerprint density at radius 1 is 0.500 bits per heavy atom. The van der Waals surface area contributed by atoms with Crippen molar-refractivity contribution in [3.8, 4) is 33.6 Å². The third-order valence-electron chi connectivity index (χ3n) is 11.9. The third kappa shape index (κ3) is 4.12. The van der Waals surface area contributed by atoms with Crippen molar-refractivity contribution >= 4 is 45.3 Å². The van der Waals surface area contributed by atoms with E-state index in [4.69, 9.17) is 4.98 Å². The Morgan fingerprint density at radius 2 is 1.16 bits per heavy atom. The highest BCUT2D eigenvalue weighted by atomic mass is 15.0. The van der Waals surface area contributed by atoms with E-state index in [0.29, 0.717) is 0 Å². The number of aromatic nitrogens is 4. The van der Waals surface area contributed by atoms with Crippen LogP contribution in [0, 0.1) is 0 Å². The molecule has 5 heteroatoms. The topological polar surface area (TPSA) is 49.7 Å². The van der Waals surface area contributed by atoms with Gasteiger partial charge in [0, 0.05) is 46.3 Å². The van der Waals surface area contributed by atoms with Gasteiger partial charge in [-0.3, -0.25) is 9.97 Å². The molecule has 0 bridgehead atoms. The zero-order chi connectivity index (χ0) is 36.8. The van der Waals surface area contributed by atoms with Gasteiger partial charge >= 0.3 is 12.4 Å². The highest BCUT2D eigenvalue weighted by Gasteiger charge is 2.47. The summed E-state index contributed by atoms with van der Waals surface area (Å²) in [4.78, 5) is 9.38. The number of fused-ring (bicyclic) bond motifs is 10. The molecule has 0 atom stereocenters. The molecule has 2 aliphatic rings. The number of rotatable bonds is 5. The lowest BCUT2D eigenvalue weighted by Crippen LogP contribution is -2.28. The Morgan fingerprint density at radius 3 is 1.89 bits per heavy atom. The van der Waals surface area contributed by atoms with Gasteiger partial charge in [-0.1, -0.05) is 114 Å². The fourth-order valence-corrected chi connectivity index (χ4v) is 9.64. The van der Waals surface area contributed by atoms with Crippen LogP contribution in [0.5, 0.6) is 0 Å². The van der Waals surface area contributed by atoms with Crippen molar-refractivity contribution in [3.63, 3.8) is 0 Å². The molecular weight excluding hydrogens is 683 g/mol. The Kier molecular flexibility index (Phi) is 6.44. The molecule has 1 aliphatic heterocycles. The van der Waals surface area contributed by atoms with Gasteiger partial charge in [-0.15, -0.1) is 0 Å². The molecule has 0 saturated heterocycles. The highest BCUT2D eigenvalue weighted by Crippen LogP contribution is 2.58. The van der Waals surface area contributed by atoms with E-state index in [-0.39, 0.29) is 0 Å². The SMILES string of the molecule is C1=[N+]=Cc2c1c1ncccc1n2-c1ccc(-c2ccc(-n3c4ccccc4c4c5c(ccc43)C(c3ccccc3)(c3ccccc3)c3ccncc3-5)cc2)cc1. The maximum Gasteiger partial charge on any atom is 0.317 e. The molecule has 56 heavy (non-hydrogen) atoms. The van der Waals surface area contributed by atoms with Crippen LogP contribution < -0.4 is 4.67 Å². The second kappa shape index (κ2) is 11.7. The van der Waals surface area contributed by atoms with E-state index < -0.39 is 5.41 Å². The fourth-order valence-electron chi connectivity index (χ4n) is 9.64. The molecule has 12 rings (SSSR count). The van der Waals surface area contributed by atoms with Crippen molar-refractivity contribution in [1.29, 1.82) is 0 Å². The van der Waals surface area contributed by atoms with Gasteiger partial charge in [-0.05, 0) is 93.5 Å². The minimum Gasteiger partial charge on any atom is -0.309 e. The fraction of sp³-hybridized carbons (Fsp3) is 0.0196. The number of benzene rings is 6. The maximum absolute atomic E-state index is 4.73. The second-order valence-electron chi connectivity index (χ2n) is 14.6. The average molecular weight is 715 g/mol. The Balaban J connectivity index is 1.01. The van der Waals surface area contributed by atoms with Crippen molar-refractivity contribution < 1.29 is 0 Å². The van der Waals surface area contributed by atoms with Crippen molar-refractivity contribution in [2.75, 3.05) is 0 Å². The average Bonchev–Trinajstić information content (AvgIpc) is 4.03. The summed E-state index contributed by atoms with van der Waals surface area (Å²) in [5.41, 5.74) is 18.1. The number of hydrogen-bond donors (Lipinski definition) is 0. The Hall–Kier alpha value is -7.59. The molecule has 0 fully saturated rings. The van der Waals surface area contributed by atoms with E-state index >= 15 is 0 Å². The van der Waals surface area contributed by atoms with Crippen LogP contribution in [0.2, 0.25) is 0 Å². The normalized spacial score (nSPS) is 13.4. The highest BCUT2D eigenvalue weighted by molar-refractivity contribution is 6.18. The summed E-state index contributed by atoms with van der Waals surface area (Å²) >= 11 is 0. The van der Waals surface area contributed by atoms with Crippen LogP contribution >= 0.6 is 0 Å². The van der Waals surface area contributed by atoms with Gasteiger partial charge in [0.15, 0.2) is 0 Å². The van der Waals surface area contributed by atoms with Crippen LogP contribution in [0.15, 0.2) is 182 Å². The number of pyridine rings is 2. The quantitative estimate of drug-likeness (QED) is 0.167. The molecule has 5 nitrogen and oxygen atoms in total. The standard InChI is InChI=1S/C51H32N5/c1-3-10-35(11-4-1)51(36-12-5-2-6-13-36)42-27-29-52-30-40(42)48-43(51)25-26-45-49(48)39-14-7-8-15-44(39)55(45)37-21-17-33(18-22-37)34-19-23-38(24-20-34)56-46-16-9-28-54-50(46)41-31-53-32-47(41)56/h1-32H/q+1. The minimum atomic E-state index is -0.484. The molecule has 0 N–H and O–H groups in total. The van der Waals surface area contributed by atoms with Gasteiger partial charge in [0.05, 0.1) is 22.0 Å². The molecule has 0 amide bonds. The van der Waals surface area contributed by atoms with E-state index in [2.05, 4.69) is 183 Å². The minimum absolute atomic E-state index is 0.484. The number of hydrogen-bond acceptors (Lipinski definition) is 2. The zero-order valence-electron chi connectivity index (χ0n) is 30.2. The third-order valence-corrected chi connectivity index (χ3v) is 11.9. The van der Waals surface area contributed by atoms with Crippen molar-refractivity contribution in [2.24, 2.45) is 0 Å². The zero-order valence-corrected chi connectivity index (χ0v) is 30.2. The van der Waals surface area contributed by atoms with Crippen molar-refractivity contribution in [1.82, 2.24) is 23.8 Å². The first-order valence-electron chi connectivity index (χ1n) is 19.0. The summed E-state index contributed by atoms with van der Waals surface area (Å²) in [6.07, 6.45) is 9.69. The van der Waals surface area contributed by atoms with Gasteiger partial charge in [-0.2, -0.15) is 0 Å². The summed E-state index contributed by atoms with van der Waals surface area (Å²) in [5.74, 6) is 0. The largest absolute Gasteiger partial charge is 0.317 e. The molecule has 0 unspecified atom stereocenters. The first kappa shape index (κ1) is 30.8. The van der Waals surface area contributed by atoms with Gasteiger partial charge in [-0.25, -0.2) is 0 Å². The van der Waals surface area contributed by atoms with E-state index in [1.165, 1.54) is 55.2 Å². The molecule has 5 heterocycles. The van der Waals surface area contributed by atoms with Crippen LogP contribution in [0.25, 0.3) is 66.5 Å². The monoisotopic (exact) mass is 714 g/mol. The lowest BCUT2D eigenvalue weighted by Gasteiger charge is -2.33. The summed E-state index contributed by atoms with van der Waals surface area (Å²) in [5, 5.41) is 2.48.